The van der Waals surface area contributed by atoms with Gasteiger partial charge in [-0.15, -0.1) is 13.2 Å². The largest absolute Gasteiger partial charge is 0.573 e. The molecule has 0 amide bonds. The van der Waals surface area contributed by atoms with Crippen molar-refractivity contribution < 1.29 is 17.9 Å². The van der Waals surface area contributed by atoms with Crippen molar-refractivity contribution in [2.75, 3.05) is 0 Å². The van der Waals surface area contributed by atoms with Crippen LogP contribution in [0.2, 0.25) is 0 Å². The minimum atomic E-state index is -4.63. The Morgan fingerprint density at radius 2 is 2.00 bits per heavy atom. The van der Waals surface area contributed by atoms with E-state index in [-0.39, 0.29) is 5.75 Å². The van der Waals surface area contributed by atoms with E-state index < -0.39 is 6.36 Å². The van der Waals surface area contributed by atoms with Gasteiger partial charge >= 0.3 is 6.36 Å². The summed E-state index contributed by atoms with van der Waals surface area (Å²) in [4.78, 5) is 0. The Morgan fingerprint density at radius 3 is 2.50 bits per heavy atom. The van der Waals surface area contributed by atoms with Gasteiger partial charge in [-0.2, -0.15) is 0 Å². The van der Waals surface area contributed by atoms with E-state index >= 15 is 0 Å². The van der Waals surface area contributed by atoms with Gasteiger partial charge in [0.1, 0.15) is 5.75 Å². The molecule has 0 N–H and O–H groups in total. The molecule has 1 nitrogen and oxygen atoms in total. The molecule has 0 aromatic heterocycles. The third-order valence-corrected chi connectivity index (χ3v) is 2.41. The van der Waals surface area contributed by atoms with Crippen molar-refractivity contribution in [2.45, 2.75) is 19.7 Å². The number of hydrogen-bond donors (Lipinski definition) is 0. The fraction of sp³-hybridized carbons (Fsp3) is 0.333. The first-order chi connectivity index (χ1) is 6.42. The van der Waals surface area contributed by atoms with Gasteiger partial charge in [0.25, 0.3) is 0 Å². The van der Waals surface area contributed by atoms with Crippen LogP contribution in [0.5, 0.6) is 5.75 Å². The molecule has 0 aliphatic carbocycles. The topological polar surface area (TPSA) is 9.23 Å². The van der Waals surface area contributed by atoms with Gasteiger partial charge in [-0.3, -0.25) is 0 Å². The lowest BCUT2D eigenvalue weighted by molar-refractivity contribution is -0.274. The average molecular weight is 269 g/mol. The summed E-state index contributed by atoms with van der Waals surface area (Å²) in [7, 11) is 0. The van der Waals surface area contributed by atoms with Gasteiger partial charge in [0.2, 0.25) is 0 Å². The molecule has 0 aliphatic heterocycles. The fourth-order valence-electron chi connectivity index (χ4n) is 1.02. The van der Waals surface area contributed by atoms with Gasteiger partial charge in [-0.1, -0.05) is 22.9 Å². The molecule has 0 saturated carbocycles. The quantitative estimate of drug-likeness (QED) is 0.790. The molecule has 0 saturated heterocycles. The molecule has 78 valence electrons. The molecule has 0 aliphatic rings. The van der Waals surface area contributed by atoms with Crippen LogP contribution in [0.25, 0.3) is 0 Å². The monoisotopic (exact) mass is 268 g/mol. The number of benzene rings is 1. The average Bonchev–Trinajstić information content (AvgIpc) is 2.06. The maximum Gasteiger partial charge on any atom is 0.573 e. The molecule has 0 spiro atoms. The van der Waals surface area contributed by atoms with Crippen molar-refractivity contribution in [1.29, 1.82) is 0 Å². The highest BCUT2D eigenvalue weighted by Crippen LogP contribution is 2.27. The van der Waals surface area contributed by atoms with E-state index in [0.717, 1.165) is 10.0 Å². The van der Waals surface area contributed by atoms with Crippen molar-refractivity contribution in [1.82, 2.24) is 0 Å². The molecular formula is C9H8BrF3O. The zero-order valence-electron chi connectivity index (χ0n) is 7.36. The first kappa shape index (κ1) is 11.4. The molecule has 0 unspecified atom stereocenters. The van der Waals surface area contributed by atoms with Crippen LogP contribution in [-0.4, -0.2) is 6.36 Å². The molecule has 1 aromatic rings. The second-order valence-corrected chi connectivity index (χ2v) is 3.51. The number of alkyl halides is 3. The van der Waals surface area contributed by atoms with E-state index in [0.29, 0.717) is 6.42 Å². The SMILES string of the molecule is CCc1cc(OC(F)(F)F)ccc1Br. The Labute approximate surface area is 88.0 Å². The number of ether oxygens (including phenoxy) is 1. The zero-order chi connectivity index (χ0) is 10.8. The first-order valence-electron chi connectivity index (χ1n) is 3.96. The van der Waals surface area contributed by atoms with E-state index in [2.05, 4.69) is 20.7 Å². The molecule has 0 radical (unpaired) electrons. The van der Waals surface area contributed by atoms with Crippen LogP contribution in [0.1, 0.15) is 12.5 Å². The lowest BCUT2D eigenvalue weighted by Crippen LogP contribution is -2.17. The Hall–Kier alpha value is -0.710. The molecule has 1 aromatic carbocycles. The van der Waals surface area contributed by atoms with Gasteiger partial charge in [0, 0.05) is 4.47 Å². The minimum absolute atomic E-state index is 0.183. The second kappa shape index (κ2) is 4.21. The Morgan fingerprint density at radius 1 is 1.36 bits per heavy atom. The van der Waals surface area contributed by atoms with Crippen LogP contribution >= 0.6 is 15.9 Å². The van der Waals surface area contributed by atoms with E-state index in [1.807, 2.05) is 6.92 Å². The molecule has 14 heavy (non-hydrogen) atoms. The maximum absolute atomic E-state index is 11.8. The van der Waals surface area contributed by atoms with Crippen LogP contribution < -0.4 is 4.74 Å². The maximum atomic E-state index is 11.8. The van der Waals surface area contributed by atoms with Gasteiger partial charge in [-0.05, 0) is 30.2 Å². The normalized spacial score (nSPS) is 11.5. The van der Waals surface area contributed by atoms with Gasteiger partial charge < -0.3 is 4.74 Å². The number of hydrogen-bond acceptors (Lipinski definition) is 1. The van der Waals surface area contributed by atoms with E-state index in [4.69, 9.17) is 0 Å². The standard InChI is InChI=1S/C9H8BrF3O/c1-2-6-5-7(3-4-8(6)10)14-9(11,12)13/h3-5H,2H2,1H3. The summed E-state index contributed by atoms with van der Waals surface area (Å²) in [6.07, 6.45) is -3.98. The number of aryl methyl sites for hydroxylation is 1. The second-order valence-electron chi connectivity index (χ2n) is 2.65. The van der Waals surface area contributed by atoms with E-state index in [1.165, 1.54) is 12.1 Å². The molecule has 0 atom stereocenters. The summed E-state index contributed by atoms with van der Waals surface area (Å²) < 4.78 is 40.1. The zero-order valence-corrected chi connectivity index (χ0v) is 8.95. The molecule has 0 bridgehead atoms. The fourth-order valence-corrected chi connectivity index (χ4v) is 1.55. The Balaban J connectivity index is 2.90. The number of rotatable bonds is 2. The van der Waals surface area contributed by atoms with Crippen LogP contribution in [0.3, 0.4) is 0 Å². The van der Waals surface area contributed by atoms with Gasteiger partial charge in [-0.25, -0.2) is 0 Å². The Bertz CT molecular complexity index is 322. The highest BCUT2D eigenvalue weighted by atomic mass is 79.9. The van der Waals surface area contributed by atoms with Crippen molar-refractivity contribution in [3.8, 4) is 5.75 Å². The third kappa shape index (κ3) is 3.21. The van der Waals surface area contributed by atoms with Crippen LogP contribution in [0.4, 0.5) is 13.2 Å². The smallest absolute Gasteiger partial charge is 0.406 e. The first-order valence-corrected chi connectivity index (χ1v) is 4.76. The molecule has 0 fully saturated rings. The van der Waals surface area contributed by atoms with Crippen molar-refractivity contribution in [3.05, 3.63) is 28.2 Å². The molecule has 0 heterocycles. The summed E-state index contributed by atoms with van der Waals surface area (Å²) >= 11 is 3.23. The lowest BCUT2D eigenvalue weighted by Gasteiger charge is -2.10. The predicted molar refractivity (Wildman–Crippen MR) is 50.2 cm³/mol. The highest BCUT2D eigenvalue weighted by molar-refractivity contribution is 9.10. The van der Waals surface area contributed by atoms with E-state index in [9.17, 15) is 13.2 Å². The predicted octanol–water partition coefficient (Wildman–Crippen LogP) is 3.91. The van der Waals surface area contributed by atoms with Crippen molar-refractivity contribution in [2.24, 2.45) is 0 Å². The summed E-state index contributed by atoms with van der Waals surface area (Å²) in [5, 5.41) is 0. The highest BCUT2D eigenvalue weighted by Gasteiger charge is 2.31. The lowest BCUT2D eigenvalue weighted by atomic mass is 10.2. The van der Waals surface area contributed by atoms with Crippen molar-refractivity contribution >= 4 is 15.9 Å². The summed E-state index contributed by atoms with van der Waals surface area (Å²) in [6, 6.07) is 4.19. The Kier molecular flexibility index (Phi) is 3.42. The summed E-state index contributed by atoms with van der Waals surface area (Å²) in [5.74, 6) is -0.183. The van der Waals surface area contributed by atoms with Crippen LogP contribution in [0, 0.1) is 0 Å². The van der Waals surface area contributed by atoms with Crippen LogP contribution in [0.15, 0.2) is 22.7 Å². The van der Waals surface area contributed by atoms with Gasteiger partial charge in [0.15, 0.2) is 0 Å². The molecular weight excluding hydrogens is 261 g/mol. The molecule has 1 rings (SSSR count). The van der Waals surface area contributed by atoms with Crippen molar-refractivity contribution in [3.63, 3.8) is 0 Å². The van der Waals surface area contributed by atoms with Gasteiger partial charge in [0.05, 0.1) is 0 Å². The third-order valence-electron chi connectivity index (χ3n) is 1.63. The van der Waals surface area contributed by atoms with Crippen LogP contribution in [-0.2, 0) is 6.42 Å². The summed E-state index contributed by atoms with van der Waals surface area (Å²) in [6.45, 7) is 1.86. The molecule has 5 heteroatoms. The summed E-state index contributed by atoms with van der Waals surface area (Å²) in [5.41, 5.74) is 0.784. The van der Waals surface area contributed by atoms with E-state index in [1.54, 1.807) is 6.07 Å². The number of halogens is 4. The minimum Gasteiger partial charge on any atom is -0.406 e.